The lowest BCUT2D eigenvalue weighted by Crippen LogP contribution is -2.52. The Kier molecular flexibility index (Phi) is 4.91. The number of nitrogens with zero attached hydrogens (tertiary/aromatic N) is 4. The summed E-state index contributed by atoms with van der Waals surface area (Å²) in [7, 11) is 0. The van der Waals surface area contributed by atoms with E-state index in [-0.39, 0.29) is 18.2 Å². The largest absolute Gasteiger partial charge is 0.322 e. The van der Waals surface area contributed by atoms with Gasteiger partial charge in [0.1, 0.15) is 6.04 Å². The van der Waals surface area contributed by atoms with Crippen LogP contribution in [0.2, 0.25) is 0 Å². The zero-order valence-electron chi connectivity index (χ0n) is 15.6. The number of carbonyl (C=O) groups excluding carboxylic acids is 3. The van der Waals surface area contributed by atoms with Crippen LogP contribution in [0.3, 0.4) is 0 Å². The van der Waals surface area contributed by atoms with Crippen molar-refractivity contribution in [2.75, 3.05) is 13.1 Å². The molecule has 28 heavy (non-hydrogen) atoms. The van der Waals surface area contributed by atoms with Crippen LogP contribution in [0, 0.1) is 0 Å². The van der Waals surface area contributed by atoms with E-state index in [1.165, 1.54) is 0 Å². The molecule has 4 rings (SSSR count). The topological polar surface area (TPSA) is 109 Å². The van der Waals surface area contributed by atoms with Gasteiger partial charge in [-0.2, -0.15) is 0 Å². The fraction of sp³-hybridized carbons (Fsp3) is 0.421. The Morgan fingerprint density at radius 2 is 2.14 bits per heavy atom. The Labute approximate surface area is 162 Å². The second-order valence-electron chi connectivity index (χ2n) is 6.96. The van der Waals surface area contributed by atoms with Crippen LogP contribution in [0.4, 0.5) is 0 Å². The van der Waals surface area contributed by atoms with Gasteiger partial charge >= 0.3 is 0 Å². The standard InChI is InChI=1S/C19H22N6O3/c1-2-20-9-8-12-10-25(23-22-12)15-5-3-4-13-14(15)11-24(19(13)28)16-6-7-17(26)21-18(16)27/h3-5,10,16,20H,2,6-9,11H2,1H3,(H,21,26,27). The van der Waals surface area contributed by atoms with Crippen LogP contribution < -0.4 is 10.6 Å². The molecule has 1 unspecified atom stereocenters. The highest BCUT2D eigenvalue weighted by Crippen LogP contribution is 2.31. The molecule has 0 radical (unpaired) electrons. The summed E-state index contributed by atoms with van der Waals surface area (Å²) in [4.78, 5) is 38.1. The van der Waals surface area contributed by atoms with Crippen molar-refractivity contribution in [3.8, 4) is 5.69 Å². The van der Waals surface area contributed by atoms with E-state index in [4.69, 9.17) is 0 Å². The van der Waals surface area contributed by atoms with E-state index in [1.54, 1.807) is 21.7 Å². The molecule has 1 saturated heterocycles. The van der Waals surface area contributed by atoms with E-state index < -0.39 is 11.9 Å². The predicted octanol–water partition coefficient (Wildman–Crippen LogP) is 0.180. The molecule has 2 N–H and O–H groups in total. The molecule has 9 nitrogen and oxygen atoms in total. The third kappa shape index (κ3) is 3.29. The number of fused-ring (bicyclic) bond motifs is 1. The van der Waals surface area contributed by atoms with Gasteiger partial charge < -0.3 is 10.2 Å². The Hall–Kier alpha value is -3.07. The zero-order chi connectivity index (χ0) is 19.7. The number of hydrogen-bond acceptors (Lipinski definition) is 6. The first-order valence-corrected chi connectivity index (χ1v) is 9.47. The molecule has 1 aromatic heterocycles. The second-order valence-corrected chi connectivity index (χ2v) is 6.96. The van der Waals surface area contributed by atoms with Gasteiger partial charge in [0.15, 0.2) is 0 Å². The molecule has 0 bridgehead atoms. The van der Waals surface area contributed by atoms with Gasteiger partial charge in [-0.1, -0.05) is 18.2 Å². The van der Waals surface area contributed by atoms with Gasteiger partial charge in [-0.15, -0.1) is 5.10 Å². The number of nitrogens with one attached hydrogen (secondary N) is 2. The lowest BCUT2D eigenvalue weighted by Gasteiger charge is -2.29. The Bertz CT molecular complexity index is 938. The summed E-state index contributed by atoms with van der Waals surface area (Å²) in [5.41, 5.74) is 3.03. The highest BCUT2D eigenvalue weighted by molar-refractivity contribution is 6.05. The van der Waals surface area contributed by atoms with Crippen molar-refractivity contribution < 1.29 is 14.4 Å². The minimum atomic E-state index is -0.628. The Morgan fingerprint density at radius 3 is 2.93 bits per heavy atom. The van der Waals surface area contributed by atoms with Gasteiger partial charge in [-0.25, -0.2) is 4.68 Å². The van der Waals surface area contributed by atoms with Crippen molar-refractivity contribution in [2.45, 2.75) is 38.8 Å². The first-order chi connectivity index (χ1) is 13.6. The SMILES string of the molecule is CCNCCc1cn(-c2cccc3c2CN(C2CCC(=O)NC2=O)C3=O)nn1. The summed E-state index contributed by atoms with van der Waals surface area (Å²) in [5.74, 6) is -0.900. The number of benzene rings is 1. The van der Waals surface area contributed by atoms with Crippen molar-refractivity contribution in [3.05, 3.63) is 41.2 Å². The average molecular weight is 382 g/mol. The second kappa shape index (κ2) is 7.51. The van der Waals surface area contributed by atoms with Gasteiger partial charge in [0.05, 0.1) is 17.6 Å². The maximum absolute atomic E-state index is 12.9. The van der Waals surface area contributed by atoms with Gasteiger partial charge in [-0.3, -0.25) is 19.7 Å². The summed E-state index contributed by atoms with van der Waals surface area (Å²) >= 11 is 0. The van der Waals surface area contributed by atoms with Crippen LogP contribution >= 0.6 is 0 Å². The fourth-order valence-electron chi connectivity index (χ4n) is 3.71. The van der Waals surface area contributed by atoms with Crippen LogP contribution in [0.25, 0.3) is 5.69 Å². The van der Waals surface area contributed by atoms with Crippen molar-refractivity contribution >= 4 is 17.7 Å². The number of aromatic nitrogens is 3. The molecule has 3 amide bonds. The number of imide groups is 1. The third-order valence-corrected chi connectivity index (χ3v) is 5.15. The quantitative estimate of drug-likeness (QED) is 0.545. The van der Waals surface area contributed by atoms with Crippen molar-refractivity contribution in [3.63, 3.8) is 0 Å². The highest BCUT2D eigenvalue weighted by Gasteiger charge is 2.40. The van der Waals surface area contributed by atoms with Crippen LogP contribution in [0.1, 0.15) is 41.4 Å². The van der Waals surface area contributed by atoms with Gasteiger partial charge in [0.2, 0.25) is 11.8 Å². The first kappa shape index (κ1) is 18.3. The molecule has 3 heterocycles. The molecular formula is C19H22N6O3. The van der Waals surface area contributed by atoms with Crippen LogP contribution in [0.15, 0.2) is 24.4 Å². The van der Waals surface area contributed by atoms with E-state index in [1.807, 2.05) is 12.3 Å². The fourth-order valence-corrected chi connectivity index (χ4v) is 3.71. The molecular weight excluding hydrogens is 360 g/mol. The first-order valence-electron chi connectivity index (χ1n) is 9.47. The number of rotatable bonds is 6. The van der Waals surface area contributed by atoms with Crippen LogP contribution in [-0.2, 0) is 22.6 Å². The highest BCUT2D eigenvalue weighted by atomic mass is 16.2. The van der Waals surface area contributed by atoms with E-state index in [2.05, 4.69) is 27.9 Å². The van der Waals surface area contributed by atoms with E-state index >= 15 is 0 Å². The molecule has 2 aliphatic rings. The Balaban J connectivity index is 1.58. The molecule has 1 atom stereocenters. The van der Waals surface area contributed by atoms with E-state index in [9.17, 15) is 14.4 Å². The number of amides is 3. The summed E-state index contributed by atoms with van der Waals surface area (Å²) in [6.45, 7) is 4.08. The van der Waals surface area contributed by atoms with Crippen molar-refractivity contribution in [1.82, 2.24) is 30.5 Å². The van der Waals surface area contributed by atoms with Crippen LogP contribution in [-0.4, -0.2) is 56.7 Å². The average Bonchev–Trinajstić information content (AvgIpc) is 3.27. The molecule has 0 spiro atoms. The summed E-state index contributed by atoms with van der Waals surface area (Å²) < 4.78 is 1.68. The lowest BCUT2D eigenvalue weighted by molar-refractivity contribution is -0.136. The normalized spacial score (nSPS) is 19.1. The zero-order valence-corrected chi connectivity index (χ0v) is 15.6. The van der Waals surface area contributed by atoms with Gasteiger partial charge in [0.25, 0.3) is 5.91 Å². The van der Waals surface area contributed by atoms with E-state index in [0.717, 1.165) is 36.5 Å². The molecule has 0 saturated carbocycles. The maximum atomic E-state index is 12.9. The molecule has 9 heteroatoms. The van der Waals surface area contributed by atoms with Crippen molar-refractivity contribution in [2.24, 2.45) is 0 Å². The molecule has 2 aromatic rings. The third-order valence-electron chi connectivity index (χ3n) is 5.15. The summed E-state index contributed by atoms with van der Waals surface area (Å²) in [6.07, 6.45) is 3.22. The van der Waals surface area contributed by atoms with Gasteiger partial charge in [-0.05, 0) is 25.1 Å². The smallest absolute Gasteiger partial charge is 0.255 e. The molecule has 0 aliphatic carbocycles. The monoisotopic (exact) mass is 382 g/mol. The summed E-state index contributed by atoms with van der Waals surface area (Å²) in [5, 5.41) is 14.0. The molecule has 1 aromatic carbocycles. The predicted molar refractivity (Wildman–Crippen MR) is 99.7 cm³/mol. The number of hydrogen-bond donors (Lipinski definition) is 2. The molecule has 146 valence electrons. The van der Waals surface area contributed by atoms with Crippen LogP contribution in [0.5, 0.6) is 0 Å². The Morgan fingerprint density at radius 1 is 1.29 bits per heavy atom. The number of likely N-dealkylation sites (N-methyl/N-ethyl adjacent to an activating group) is 1. The van der Waals surface area contributed by atoms with E-state index in [0.29, 0.717) is 18.5 Å². The maximum Gasteiger partial charge on any atom is 0.255 e. The minimum absolute atomic E-state index is 0.196. The minimum Gasteiger partial charge on any atom is -0.322 e. The lowest BCUT2D eigenvalue weighted by atomic mass is 10.0. The van der Waals surface area contributed by atoms with Crippen molar-refractivity contribution in [1.29, 1.82) is 0 Å². The molecule has 1 fully saturated rings. The number of carbonyl (C=O) groups is 3. The van der Waals surface area contributed by atoms with Gasteiger partial charge in [0, 0.05) is 37.1 Å². The number of piperidine rings is 1. The molecule has 2 aliphatic heterocycles. The summed E-state index contributed by atoms with van der Waals surface area (Å²) in [6, 6.07) is 4.83.